The van der Waals surface area contributed by atoms with Gasteiger partial charge in [0, 0.05) is 10.6 Å². The predicted molar refractivity (Wildman–Crippen MR) is 127 cm³/mol. The van der Waals surface area contributed by atoms with Crippen molar-refractivity contribution in [1.82, 2.24) is 4.67 Å². The number of hydrogen-bond acceptors (Lipinski definition) is 2. The molecule has 0 N–H and O–H groups in total. The van der Waals surface area contributed by atoms with Gasteiger partial charge in [-0.1, -0.05) is 78.9 Å². The second-order valence-corrected chi connectivity index (χ2v) is 10.4. The van der Waals surface area contributed by atoms with Gasteiger partial charge in [-0.25, -0.2) is 4.67 Å². The van der Waals surface area contributed by atoms with Gasteiger partial charge in [0.25, 0.3) is 0 Å². The molecule has 0 spiro atoms. The summed E-state index contributed by atoms with van der Waals surface area (Å²) in [5.74, 6) is 0.811. The Bertz CT molecular complexity index is 1170. The molecule has 4 heteroatoms. The molecule has 3 nitrogen and oxygen atoms in total. The summed E-state index contributed by atoms with van der Waals surface area (Å²) in [7, 11) is -1.38. The van der Waals surface area contributed by atoms with E-state index in [0.29, 0.717) is 0 Å². The number of methoxy groups -OCH3 is 1. The smallest absolute Gasteiger partial charge is 0.208 e. The summed E-state index contributed by atoms with van der Waals surface area (Å²) in [6, 6.07) is 38.2. The lowest BCUT2D eigenvalue weighted by atomic mass is 10.0. The largest absolute Gasteiger partial charge is 0.497 e. The van der Waals surface area contributed by atoms with Gasteiger partial charge >= 0.3 is 0 Å². The Kier molecular flexibility index (Phi) is 5.23. The highest BCUT2D eigenvalue weighted by Gasteiger charge is 2.59. The normalized spacial score (nSPS) is 20.2. The topological polar surface area (TPSA) is 29.3 Å². The van der Waals surface area contributed by atoms with Crippen molar-refractivity contribution in [3.05, 3.63) is 126 Å². The Labute approximate surface area is 183 Å². The van der Waals surface area contributed by atoms with Gasteiger partial charge < -0.3 is 4.74 Å². The lowest BCUT2D eigenvalue weighted by Gasteiger charge is -2.22. The van der Waals surface area contributed by atoms with Crippen molar-refractivity contribution in [3.8, 4) is 5.75 Å². The van der Waals surface area contributed by atoms with Crippen LogP contribution in [0.4, 0.5) is 0 Å². The molecule has 1 fully saturated rings. The second kappa shape index (κ2) is 8.19. The second-order valence-electron chi connectivity index (χ2n) is 7.70. The minimum absolute atomic E-state index is 0.00347. The van der Waals surface area contributed by atoms with Crippen LogP contribution in [-0.2, 0) is 4.57 Å². The van der Waals surface area contributed by atoms with Crippen molar-refractivity contribution in [2.75, 3.05) is 7.11 Å². The Morgan fingerprint density at radius 3 is 1.68 bits per heavy atom. The van der Waals surface area contributed by atoms with Gasteiger partial charge in [0.05, 0.1) is 19.2 Å². The molecular weight excluding hydrogens is 401 g/mol. The fraction of sp³-hybridized carbons (Fsp3) is 0.111. The molecule has 31 heavy (non-hydrogen) atoms. The highest BCUT2D eigenvalue weighted by atomic mass is 31.2. The quantitative estimate of drug-likeness (QED) is 0.292. The molecule has 5 rings (SSSR count). The zero-order valence-electron chi connectivity index (χ0n) is 17.3. The van der Waals surface area contributed by atoms with Crippen LogP contribution in [0.5, 0.6) is 5.75 Å². The van der Waals surface area contributed by atoms with E-state index in [2.05, 4.69) is 28.9 Å². The van der Waals surface area contributed by atoms with E-state index in [9.17, 15) is 4.57 Å². The van der Waals surface area contributed by atoms with Gasteiger partial charge in [0.1, 0.15) is 5.75 Å². The number of ether oxygens (including phenoxy) is 1. The van der Waals surface area contributed by atoms with Crippen LogP contribution in [0.2, 0.25) is 0 Å². The zero-order chi connectivity index (χ0) is 21.3. The van der Waals surface area contributed by atoms with Crippen molar-refractivity contribution >= 4 is 17.9 Å². The molecule has 3 atom stereocenters. The summed E-state index contributed by atoms with van der Waals surface area (Å²) < 4.78 is 22.7. The minimum Gasteiger partial charge on any atom is -0.497 e. The van der Waals surface area contributed by atoms with E-state index < -0.39 is 7.29 Å². The van der Waals surface area contributed by atoms with Crippen LogP contribution in [0.3, 0.4) is 0 Å². The van der Waals surface area contributed by atoms with Crippen LogP contribution < -0.4 is 15.3 Å². The summed E-state index contributed by atoms with van der Waals surface area (Å²) in [5.41, 5.74) is 2.28. The number of hydrogen-bond donors (Lipinski definition) is 0. The maximum atomic E-state index is 15.0. The average Bonchev–Trinajstić information content (AvgIpc) is 3.62. The fourth-order valence-corrected chi connectivity index (χ4v) is 7.54. The first-order chi connectivity index (χ1) is 15.2. The summed E-state index contributed by atoms with van der Waals surface area (Å²) in [6.45, 7) is 0. The molecule has 1 heterocycles. The van der Waals surface area contributed by atoms with E-state index >= 15 is 0 Å². The van der Waals surface area contributed by atoms with Crippen LogP contribution in [0, 0.1) is 0 Å². The molecule has 0 radical (unpaired) electrons. The van der Waals surface area contributed by atoms with Gasteiger partial charge in [0.2, 0.25) is 7.29 Å². The first kappa shape index (κ1) is 19.8. The SMILES string of the molecule is COc1cccc(C2C(c3ccccc3)N2P(=O)(c2ccccc2)c2ccccc2)c1. The van der Waals surface area contributed by atoms with Gasteiger partial charge in [-0.3, -0.25) is 4.57 Å². The van der Waals surface area contributed by atoms with E-state index in [1.165, 1.54) is 5.56 Å². The summed E-state index contributed by atoms with van der Waals surface area (Å²) >= 11 is 0. The van der Waals surface area contributed by atoms with E-state index in [4.69, 9.17) is 4.74 Å². The van der Waals surface area contributed by atoms with Gasteiger partial charge in [-0.2, -0.15) is 0 Å². The molecule has 154 valence electrons. The zero-order valence-corrected chi connectivity index (χ0v) is 18.2. The Morgan fingerprint density at radius 2 is 1.13 bits per heavy atom. The molecule has 0 bridgehead atoms. The van der Waals surface area contributed by atoms with Crippen LogP contribution in [0.1, 0.15) is 23.2 Å². The maximum absolute atomic E-state index is 15.0. The van der Waals surface area contributed by atoms with Crippen LogP contribution in [0.15, 0.2) is 115 Å². The standard InChI is InChI=1S/C27H24NO2P/c1-30-23-15-11-14-22(20-23)27-26(21-12-5-2-6-13-21)28(27)31(29,24-16-7-3-8-17-24)25-18-9-4-10-19-25/h2-20,26-27H,1H3. The predicted octanol–water partition coefficient (Wildman–Crippen LogP) is 5.72. The highest BCUT2D eigenvalue weighted by Crippen LogP contribution is 2.70. The average molecular weight is 425 g/mol. The number of nitrogens with zero attached hydrogens (tertiary/aromatic N) is 1. The van der Waals surface area contributed by atoms with Gasteiger partial charge in [0.15, 0.2) is 0 Å². The molecular formula is C27H24NO2P. The van der Waals surface area contributed by atoms with E-state index in [1.807, 2.05) is 91.0 Å². The van der Waals surface area contributed by atoms with Crippen LogP contribution in [0.25, 0.3) is 0 Å². The molecule has 1 saturated heterocycles. The molecule has 0 saturated carbocycles. The third kappa shape index (κ3) is 3.50. The van der Waals surface area contributed by atoms with Crippen molar-refractivity contribution < 1.29 is 9.30 Å². The molecule has 0 aromatic heterocycles. The van der Waals surface area contributed by atoms with E-state index in [-0.39, 0.29) is 12.1 Å². The van der Waals surface area contributed by atoms with Crippen molar-refractivity contribution in [2.24, 2.45) is 0 Å². The summed E-state index contributed by atoms with van der Waals surface area (Å²) in [4.78, 5) is 0. The van der Waals surface area contributed by atoms with Crippen molar-refractivity contribution in [2.45, 2.75) is 12.1 Å². The van der Waals surface area contributed by atoms with Gasteiger partial charge in [-0.15, -0.1) is 0 Å². The fourth-order valence-electron chi connectivity index (χ4n) is 4.39. The third-order valence-corrected chi connectivity index (χ3v) is 9.04. The molecule has 0 amide bonds. The summed E-state index contributed by atoms with van der Waals surface area (Å²) in [5, 5.41) is 1.71. The molecule has 1 aliphatic heterocycles. The van der Waals surface area contributed by atoms with Crippen molar-refractivity contribution in [3.63, 3.8) is 0 Å². The molecule has 1 aliphatic rings. The molecule has 4 aromatic carbocycles. The Morgan fingerprint density at radius 1 is 0.645 bits per heavy atom. The third-order valence-electron chi connectivity index (χ3n) is 5.89. The lowest BCUT2D eigenvalue weighted by Crippen LogP contribution is -2.22. The monoisotopic (exact) mass is 425 g/mol. The van der Waals surface area contributed by atoms with Crippen molar-refractivity contribution in [1.29, 1.82) is 0 Å². The molecule has 3 unspecified atom stereocenters. The Hall–Kier alpha value is -3.13. The molecule has 4 aromatic rings. The lowest BCUT2D eigenvalue weighted by molar-refractivity contribution is 0.414. The van der Waals surface area contributed by atoms with E-state index in [0.717, 1.165) is 21.9 Å². The summed E-state index contributed by atoms with van der Waals surface area (Å²) in [6.07, 6.45) is 0. The van der Waals surface area contributed by atoms with Crippen LogP contribution >= 0.6 is 7.29 Å². The maximum Gasteiger partial charge on any atom is 0.208 e. The minimum atomic E-state index is -3.06. The van der Waals surface area contributed by atoms with Gasteiger partial charge in [-0.05, 0) is 47.5 Å². The Balaban J connectivity index is 1.69. The first-order valence-corrected chi connectivity index (χ1v) is 12.1. The first-order valence-electron chi connectivity index (χ1n) is 10.4. The number of benzene rings is 4. The van der Waals surface area contributed by atoms with E-state index in [1.54, 1.807) is 7.11 Å². The highest BCUT2D eigenvalue weighted by molar-refractivity contribution is 7.76. The molecule has 0 aliphatic carbocycles. The number of rotatable bonds is 6. The van der Waals surface area contributed by atoms with Crippen LogP contribution in [-0.4, -0.2) is 11.8 Å².